The van der Waals surface area contributed by atoms with Gasteiger partial charge < -0.3 is 5.32 Å². The van der Waals surface area contributed by atoms with Gasteiger partial charge in [0.05, 0.1) is 39.9 Å². The molecule has 1 unspecified atom stereocenters. The lowest BCUT2D eigenvalue weighted by Crippen LogP contribution is -2.15. The molecule has 0 saturated carbocycles. The van der Waals surface area contributed by atoms with E-state index < -0.39 is 9.84 Å². The molecule has 10 heteroatoms. The van der Waals surface area contributed by atoms with Gasteiger partial charge in [-0.15, -0.1) is 0 Å². The van der Waals surface area contributed by atoms with Crippen LogP contribution in [0.5, 0.6) is 0 Å². The number of hydrogen-bond donors (Lipinski definition) is 1. The maximum Gasteiger partial charge on any atom is 0.256 e. The zero-order valence-corrected chi connectivity index (χ0v) is 20.6. The summed E-state index contributed by atoms with van der Waals surface area (Å²) in [6, 6.07) is 12.3. The molecule has 1 N–H and O–H groups in total. The Labute approximate surface area is 206 Å². The normalized spacial score (nSPS) is 17.1. The highest BCUT2D eigenvalue weighted by molar-refractivity contribution is 7.91. The number of anilines is 1. The zero-order valence-electron chi connectivity index (χ0n) is 19.0. The maximum absolute atomic E-state index is 13.6. The number of amides is 1. The smallest absolute Gasteiger partial charge is 0.256 e. The molecule has 0 aliphatic carbocycles. The van der Waals surface area contributed by atoms with Gasteiger partial charge in [0.1, 0.15) is 5.82 Å². The second kappa shape index (κ2) is 8.73. The molecule has 4 aromatic rings. The van der Waals surface area contributed by atoms with E-state index in [9.17, 15) is 17.6 Å². The lowest BCUT2D eigenvalue weighted by atomic mass is 10.0. The monoisotopic (exact) mass is 512 g/mol. The van der Waals surface area contributed by atoms with Crippen molar-refractivity contribution in [3.8, 4) is 11.3 Å². The van der Waals surface area contributed by atoms with Crippen LogP contribution in [0.3, 0.4) is 0 Å². The van der Waals surface area contributed by atoms with E-state index in [4.69, 9.17) is 16.6 Å². The molecule has 5 rings (SSSR count). The Morgan fingerprint density at radius 2 is 1.91 bits per heavy atom. The van der Waals surface area contributed by atoms with Crippen molar-refractivity contribution >= 4 is 44.1 Å². The summed E-state index contributed by atoms with van der Waals surface area (Å²) in [6.07, 6.45) is 0.421. The zero-order chi connectivity index (χ0) is 24.9. The number of carbonyl (C=O) groups is 1. The molecule has 7 nitrogen and oxygen atoms in total. The fourth-order valence-electron chi connectivity index (χ4n) is 4.42. The van der Waals surface area contributed by atoms with E-state index in [1.54, 1.807) is 48.0 Å². The van der Waals surface area contributed by atoms with Crippen LogP contribution in [0.4, 0.5) is 10.1 Å². The second-order valence-corrected chi connectivity index (χ2v) is 11.3. The fraction of sp³-hybridized carbons (Fsp3) is 0.240. The van der Waals surface area contributed by atoms with E-state index in [-0.39, 0.29) is 29.3 Å². The second-order valence-electron chi connectivity index (χ2n) is 8.71. The summed E-state index contributed by atoms with van der Waals surface area (Å²) in [5.41, 5.74) is 3.68. The van der Waals surface area contributed by atoms with E-state index in [0.29, 0.717) is 50.7 Å². The van der Waals surface area contributed by atoms with E-state index in [1.165, 1.54) is 12.1 Å². The van der Waals surface area contributed by atoms with Crippen molar-refractivity contribution < 1.29 is 17.6 Å². The van der Waals surface area contributed by atoms with Gasteiger partial charge in [-0.1, -0.05) is 17.7 Å². The highest BCUT2D eigenvalue weighted by Crippen LogP contribution is 2.33. The predicted molar refractivity (Wildman–Crippen MR) is 134 cm³/mol. The van der Waals surface area contributed by atoms with Crippen LogP contribution in [0.2, 0.25) is 5.02 Å². The number of nitrogens with zero attached hydrogens (tertiary/aromatic N) is 3. The number of sulfone groups is 1. The highest BCUT2D eigenvalue weighted by Gasteiger charge is 2.32. The number of halogens is 2. The summed E-state index contributed by atoms with van der Waals surface area (Å²) >= 11 is 6.23. The largest absolute Gasteiger partial charge is 0.322 e. The topological polar surface area (TPSA) is 93.9 Å². The van der Waals surface area contributed by atoms with Crippen molar-refractivity contribution in [2.24, 2.45) is 0 Å². The van der Waals surface area contributed by atoms with E-state index >= 15 is 0 Å². The van der Waals surface area contributed by atoms with E-state index in [1.807, 2.05) is 6.92 Å². The number of hydrogen-bond acceptors (Lipinski definition) is 5. The lowest BCUT2D eigenvalue weighted by Gasteiger charge is -2.13. The average molecular weight is 513 g/mol. The van der Waals surface area contributed by atoms with Crippen molar-refractivity contribution in [3.05, 3.63) is 76.2 Å². The van der Waals surface area contributed by atoms with E-state index in [2.05, 4.69) is 10.4 Å². The van der Waals surface area contributed by atoms with Gasteiger partial charge in [0.15, 0.2) is 15.5 Å². The molecular formula is C25H22ClFN4O3S. The van der Waals surface area contributed by atoms with E-state index in [0.717, 1.165) is 5.56 Å². The first-order chi connectivity index (χ1) is 16.6. The minimum atomic E-state index is -3.17. The Hall–Kier alpha value is -3.30. The molecule has 35 heavy (non-hydrogen) atoms. The Balaban J connectivity index is 1.69. The van der Waals surface area contributed by atoms with Gasteiger partial charge in [0.2, 0.25) is 0 Å². The Bertz CT molecular complexity index is 1580. The summed E-state index contributed by atoms with van der Waals surface area (Å²) in [4.78, 5) is 18.3. The lowest BCUT2D eigenvalue weighted by molar-refractivity contribution is 0.102. The van der Waals surface area contributed by atoms with Crippen LogP contribution in [-0.4, -0.2) is 40.6 Å². The fourth-order valence-corrected chi connectivity index (χ4v) is 6.28. The van der Waals surface area contributed by atoms with Gasteiger partial charge in [0, 0.05) is 16.3 Å². The quantitative estimate of drug-likeness (QED) is 0.409. The molecule has 1 aliphatic rings. The number of nitrogens with one attached hydrogen (secondary N) is 1. The van der Waals surface area contributed by atoms with Crippen molar-refractivity contribution in [1.82, 2.24) is 14.8 Å². The van der Waals surface area contributed by atoms with Crippen LogP contribution in [0.25, 0.3) is 22.3 Å². The number of rotatable bonds is 4. The first kappa shape index (κ1) is 23.4. The summed E-state index contributed by atoms with van der Waals surface area (Å²) in [5.74, 6) is -0.722. The van der Waals surface area contributed by atoms with Gasteiger partial charge in [-0.2, -0.15) is 5.10 Å². The molecule has 1 fully saturated rings. The summed E-state index contributed by atoms with van der Waals surface area (Å²) in [5, 5.41) is 8.59. The van der Waals surface area contributed by atoms with Crippen LogP contribution >= 0.6 is 11.6 Å². The van der Waals surface area contributed by atoms with Crippen LogP contribution in [0.15, 0.2) is 48.5 Å². The summed E-state index contributed by atoms with van der Waals surface area (Å²) in [6.45, 7) is 3.58. The van der Waals surface area contributed by atoms with Crippen molar-refractivity contribution in [2.75, 3.05) is 16.8 Å². The van der Waals surface area contributed by atoms with Crippen molar-refractivity contribution in [1.29, 1.82) is 0 Å². The molecule has 1 atom stereocenters. The molecular weight excluding hydrogens is 491 g/mol. The van der Waals surface area contributed by atoms with Crippen LogP contribution < -0.4 is 5.32 Å². The molecule has 1 saturated heterocycles. The molecule has 3 heterocycles. The highest BCUT2D eigenvalue weighted by atomic mass is 35.5. The Kier molecular flexibility index (Phi) is 5.85. The third-order valence-corrected chi connectivity index (χ3v) is 8.45. The van der Waals surface area contributed by atoms with Crippen LogP contribution in [-0.2, 0) is 9.84 Å². The van der Waals surface area contributed by atoms with Crippen molar-refractivity contribution in [2.45, 2.75) is 26.3 Å². The van der Waals surface area contributed by atoms with Crippen LogP contribution in [0.1, 0.15) is 34.1 Å². The standard InChI is InChI=1S/C25H22ClFN4O3S/c1-14-20(26)4-3-5-21(14)29-25(32)19-12-22(16-6-8-17(27)9-7-16)28-24-23(19)15(2)30-31(24)18-10-11-35(33,34)13-18/h3-9,12,18H,10-11,13H2,1-2H3,(H,29,32). The first-order valence-corrected chi connectivity index (χ1v) is 13.3. The average Bonchev–Trinajstić information content (AvgIpc) is 3.35. The molecule has 0 radical (unpaired) electrons. The van der Waals surface area contributed by atoms with Crippen molar-refractivity contribution in [3.63, 3.8) is 0 Å². The molecule has 180 valence electrons. The Morgan fingerprint density at radius 1 is 1.17 bits per heavy atom. The van der Waals surface area contributed by atoms with Crippen LogP contribution in [0, 0.1) is 19.7 Å². The van der Waals surface area contributed by atoms with Gasteiger partial charge in [-0.05, 0) is 68.3 Å². The summed E-state index contributed by atoms with van der Waals surface area (Å²) in [7, 11) is -3.17. The number of pyridine rings is 1. The van der Waals surface area contributed by atoms with Gasteiger partial charge in [-0.3, -0.25) is 4.79 Å². The summed E-state index contributed by atoms with van der Waals surface area (Å²) < 4.78 is 39.5. The number of aromatic nitrogens is 3. The first-order valence-electron chi connectivity index (χ1n) is 11.1. The van der Waals surface area contributed by atoms with Gasteiger partial charge >= 0.3 is 0 Å². The number of carbonyl (C=O) groups excluding carboxylic acids is 1. The molecule has 0 bridgehead atoms. The molecule has 2 aromatic carbocycles. The third kappa shape index (κ3) is 4.41. The predicted octanol–water partition coefficient (Wildman–Crippen LogP) is 5.12. The molecule has 1 amide bonds. The maximum atomic E-state index is 13.6. The molecule has 0 spiro atoms. The SMILES string of the molecule is Cc1c(Cl)cccc1NC(=O)c1cc(-c2ccc(F)cc2)nc2c1c(C)nn2C1CCS(=O)(=O)C1. The Morgan fingerprint density at radius 3 is 2.60 bits per heavy atom. The number of aryl methyl sites for hydroxylation is 1. The minimum Gasteiger partial charge on any atom is -0.322 e. The molecule has 2 aromatic heterocycles. The van der Waals surface area contributed by atoms with Gasteiger partial charge in [-0.25, -0.2) is 22.5 Å². The number of benzene rings is 2. The third-order valence-electron chi connectivity index (χ3n) is 6.29. The minimum absolute atomic E-state index is 0.0328. The molecule has 1 aliphatic heterocycles. The number of fused-ring (bicyclic) bond motifs is 1. The van der Waals surface area contributed by atoms with Gasteiger partial charge in [0.25, 0.3) is 5.91 Å².